The molecule has 1 aromatic carbocycles. The highest BCUT2D eigenvalue weighted by molar-refractivity contribution is 5.91. The fraction of sp³-hybridized carbons (Fsp3) is 0.357. The van der Waals surface area contributed by atoms with Crippen LogP contribution in [-0.2, 0) is 4.79 Å². The van der Waals surface area contributed by atoms with E-state index < -0.39 is 0 Å². The molecule has 1 rings (SSSR count). The highest BCUT2D eigenvalue weighted by Gasteiger charge is 1.97. The number of carbonyl (C=O) groups excluding carboxylic acids is 1. The standard InChI is InChI=1S/C14H18FNO2/c1-11(17)3-2-10-16-14(18)9-6-12-4-7-13(15)8-5-12/h4-9,11,17H,2-3,10H2,1H3,(H,16,18)/b9-6+. The summed E-state index contributed by atoms with van der Waals surface area (Å²) in [5, 5.41) is 11.7. The molecule has 4 heteroatoms. The third-order valence-corrected chi connectivity index (χ3v) is 2.40. The first-order chi connectivity index (χ1) is 8.58. The first-order valence-electron chi connectivity index (χ1n) is 5.97. The average molecular weight is 251 g/mol. The van der Waals surface area contributed by atoms with Gasteiger partial charge in [0.1, 0.15) is 5.82 Å². The first kappa shape index (κ1) is 14.4. The molecule has 1 amide bonds. The second-order valence-corrected chi connectivity index (χ2v) is 4.17. The van der Waals surface area contributed by atoms with E-state index in [2.05, 4.69) is 5.32 Å². The van der Waals surface area contributed by atoms with Crippen molar-refractivity contribution in [2.75, 3.05) is 6.54 Å². The molecule has 1 atom stereocenters. The topological polar surface area (TPSA) is 49.3 Å². The Kier molecular flexibility index (Phi) is 6.08. The molecule has 0 aliphatic rings. The number of hydrogen-bond acceptors (Lipinski definition) is 2. The minimum atomic E-state index is -0.336. The summed E-state index contributed by atoms with van der Waals surface area (Å²) in [6.07, 6.45) is 4.12. The van der Waals surface area contributed by atoms with Crippen molar-refractivity contribution in [3.8, 4) is 0 Å². The average Bonchev–Trinajstić information content (AvgIpc) is 2.34. The van der Waals surface area contributed by atoms with Gasteiger partial charge in [0.2, 0.25) is 5.91 Å². The van der Waals surface area contributed by atoms with Crippen LogP contribution in [0.1, 0.15) is 25.3 Å². The molecule has 0 aliphatic carbocycles. The number of aliphatic hydroxyl groups excluding tert-OH is 1. The summed E-state index contributed by atoms with van der Waals surface area (Å²) in [7, 11) is 0. The minimum absolute atomic E-state index is 0.190. The number of hydrogen-bond donors (Lipinski definition) is 2. The fourth-order valence-corrected chi connectivity index (χ4v) is 1.41. The van der Waals surface area contributed by atoms with E-state index in [-0.39, 0.29) is 17.8 Å². The van der Waals surface area contributed by atoms with Crippen LogP contribution in [0.25, 0.3) is 6.08 Å². The van der Waals surface area contributed by atoms with E-state index in [4.69, 9.17) is 5.11 Å². The Hall–Kier alpha value is -1.68. The van der Waals surface area contributed by atoms with Crippen molar-refractivity contribution in [1.29, 1.82) is 0 Å². The number of amides is 1. The maximum atomic E-state index is 12.6. The molecular formula is C14H18FNO2. The largest absolute Gasteiger partial charge is 0.393 e. The van der Waals surface area contributed by atoms with Crippen molar-refractivity contribution in [3.63, 3.8) is 0 Å². The summed E-state index contributed by atoms with van der Waals surface area (Å²) >= 11 is 0. The van der Waals surface area contributed by atoms with Crippen LogP contribution in [0.5, 0.6) is 0 Å². The van der Waals surface area contributed by atoms with E-state index >= 15 is 0 Å². The molecule has 0 spiro atoms. The van der Waals surface area contributed by atoms with Crippen LogP contribution in [0.15, 0.2) is 30.3 Å². The molecule has 18 heavy (non-hydrogen) atoms. The third-order valence-electron chi connectivity index (χ3n) is 2.40. The molecule has 0 aliphatic heterocycles. The van der Waals surface area contributed by atoms with Crippen LogP contribution in [0, 0.1) is 5.82 Å². The fourth-order valence-electron chi connectivity index (χ4n) is 1.41. The summed E-state index contributed by atoms with van der Waals surface area (Å²) in [6.45, 7) is 2.26. The van der Waals surface area contributed by atoms with Crippen molar-refractivity contribution < 1.29 is 14.3 Å². The van der Waals surface area contributed by atoms with Gasteiger partial charge in [-0.3, -0.25) is 4.79 Å². The Morgan fingerprint density at radius 3 is 2.72 bits per heavy atom. The van der Waals surface area contributed by atoms with Gasteiger partial charge in [-0.1, -0.05) is 12.1 Å². The lowest BCUT2D eigenvalue weighted by molar-refractivity contribution is -0.116. The molecule has 2 N–H and O–H groups in total. The molecule has 0 aromatic heterocycles. The third kappa shape index (κ3) is 6.15. The lowest BCUT2D eigenvalue weighted by Crippen LogP contribution is -2.22. The molecule has 3 nitrogen and oxygen atoms in total. The first-order valence-corrected chi connectivity index (χ1v) is 5.97. The Bertz CT molecular complexity index is 399. The SMILES string of the molecule is CC(O)CCCNC(=O)/C=C/c1ccc(F)cc1. The van der Waals surface area contributed by atoms with Gasteiger partial charge < -0.3 is 10.4 Å². The van der Waals surface area contributed by atoms with E-state index in [0.717, 1.165) is 12.0 Å². The predicted octanol–water partition coefficient (Wildman–Crippen LogP) is 2.12. The molecule has 0 bridgehead atoms. The van der Waals surface area contributed by atoms with Gasteiger partial charge in [0.05, 0.1) is 6.10 Å². The monoisotopic (exact) mass is 251 g/mol. The van der Waals surface area contributed by atoms with Crippen molar-refractivity contribution in [1.82, 2.24) is 5.32 Å². The normalized spacial score (nSPS) is 12.6. The maximum Gasteiger partial charge on any atom is 0.243 e. The molecule has 0 saturated carbocycles. The van der Waals surface area contributed by atoms with Gasteiger partial charge in [-0.2, -0.15) is 0 Å². The second kappa shape index (κ2) is 7.61. The van der Waals surface area contributed by atoms with Crippen LogP contribution in [-0.4, -0.2) is 23.7 Å². The van der Waals surface area contributed by atoms with Crippen LogP contribution in [0.3, 0.4) is 0 Å². The predicted molar refractivity (Wildman–Crippen MR) is 69.4 cm³/mol. The van der Waals surface area contributed by atoms with Gasteiger partial charge in [-0.05, 0) is 43.5 Å². The Balaban J connectivity index is 2.29. The lowest BCUT2D eigenvalue weighted by Gasteiger charge is -2.04. The number of nitrogens with one attached hydrogen (secondary N) is 1. The van der Waals surface area contributed by atoms with E-state index in [1.807, 2.05) is 0 Å². The van der Waals surface area contributed by atoms with Gasteiger partial charge >= 0.3 is 0 Å². The molecule has 0 radical (unpaired) electrons. The maximum absolute atomic E-state index is 12.6. The zero-order valence-corrected chi connectivity index (χ0v) is 10.4. The molecule has 0 heterocycles. The molecule has 0 saturated heterocycles. The summed E-state index contributed by atoms with van der Waals surface area (Å²) in [6, 6.07) is 5.90. The molecular weight excluding hydrogens is 233 g/mol. The minimum Gasteiger partial charge on any atom is -0.393 e. The number of halogens is 1. The van der Waals surface area contributed by atoms with Gasteiger partial charge in [0.15, 0.2) is 0 Å². The van der Waals surface area contributed by atoms with E-state index in [1.54, 1.807) is 25.1 Å². The second-order valence-electron chi connectivity index (χ2n) is 4.17. The van der Waals surface area contributed by atoms with Crippen LogP contribution >= 0.6 is 0 Å². The highest BCUT2D eigenvalue weighted by atomic mass is 19.1. The van der Waals surface area contributed by atoms with Crippen LogP contribution in [0.2, 0.25) is 0 Å². The number of benzene rings is 1. The Morgan fingerprint density at radius 1 is 1.44 bits per heavy atom. The van der Waals surface area contributed by atoms with Gasteiger partial charge in [0, 0.05) is 12.6 Å². The van der Waals surface area contributed by atoms with Crippen molar-refractivity contribution in [3.05, 3.63) is 41.7 Å². The summed E-state index contributed by atoms with van der Waals surface area (Å²) in [5.74, 6) is -0.486. The number of carbonyl (C=O) groups is 1. The molecule has 0 fully saturated rings. The smallest absolute Gasteiger partial charge is 0.243 e. The van der Waals surface area contributed by atoms with E-state index in [0.29, 0.717) is 13.0 Å². The van der Waals surface area contributed by atoms with Crippen LogP contribution < -0.4 is 5.32 Å². The summed E-state index contributed by atoms with van der Waals surface area (Å²) in [5.41, 5.74) is 0.774. The zero-order chi connectivity index (χ0) is 13.4. The van der Waals surface area contributed by atoms with Gasteiger partial charge in [-0.25, -0.2) is 4.39 Å². The zero-order valence-electron chi connectivity index (χ0n) is 10.4. The van der Waals surface area contributed by atoms with E-state index in [9.17, 15) is 9.18 Å². The lowest BCUT2D eigenvalue weighted by atomic mass is 10.2. The van der Waals surface area contributed by atoms with Gasteiger partial charge in [0.25, 0.3) is 0 Å². The van der Waals surface area contributed by atoms with Crippen LogP contribution in [0.4, 0.5) is 4.39 Å². The summed E-state index contributed by atoms with van der Waals surface area (Å²) in [4.78, 5) is 11.4. The van der Waals surface area contributed by atoms with Crippen molar-refractivity contribution in [2.45, 2.75) is 25.9 Å². The van der Waals surface area contributed by atoms with Crippen molar-refractivity contribution in [2.24, 2.45) is 0 Å². The quantitative estimate of drug-likeness (QED) is 0.601. The molecule has 98 valence electrons. The Morgan fingerprint density at radius 2 is 2.11 bits per heavy atom. The van der Waals surface area contributed by atoms with Gasteiger partial charge in [-0.15, -0.1) is 0 Å². The molecule has 1 unspecified atom stereocenters. The Labute approximate surface area is 106 Å². The molecule has 1 aromatic rings. The number of aliphatic hydroxyl groups is 1. The highest BCUT2D eigenvalue weighted by Crippen LogP contribution is 2.04. The number of rotatable bonds is 6. The van der Waals surface area contributed by atoms with E-state index in [1.165, 1.54) is 18.2 Å². The summed E-state index contributed by atoms with van der Waals surface area (Å²) < 4.78 is 12.6. The van der Waals surface area contributed by atoms with Crippen molar-refractivity contribution >= 4 is 12.0 Å².